The number of rotatable bonds is 3. The molecule has 0 radical (unpaired) electrons. The molecule has 2 aliphatic rings. The van der Waals surface area contributed by atoms with E-state index in [0.717, 1.165) is 18.5 Å². The highest BCUT2D eigenvalue weighted by Crippen LogP contribution is 2.27. The van der Waals surface area contributed by atoms with Gasteiger partial charge in [-0.3, -0.25) is 19.9 Å². The van der Waals surface area contributed by atoms with Gasteiger partial charge >= 0.3 is 6.09 Å². The van der Waals surface area contributed by atoms with Crippen molar-refractivity contribution in [1.29, 1.82) is 0 Å². The van der Waals surface area contributed by atoms with Gasteiger partial charge in [0.05, 0.1) is 18.1 Å². The van der Waals surface area contributed by atoms with Crippen LogP contribution in [0.2, 0.25) is 0 Å². The Labute approximate surface area is 164 Å². The minimum atomic E-state index is -0.495. The first kappa shape index (κ1) is 20.0. The van der Waals surface area contributed by atoms with Crippen LogP contribution in [0.15, 0.2) is 12.4 Å². The molecule has 1 aromatic heterocycles. The van der Waals surface area contributed by atoms with Crippen LogP contribution < -0.4 is 10.6 Å². The first-order chi connectivity index (χ1) is 13.2. The van der Waals surface area contributed by atoms with E-state index >= 15 is 0 Å². The highest BCUT2D eigenvalue weighted by molar-refractivity contribution is 6.01. The summed E-state index contributed by atoms with van der Waals surface area (Å²) in [6.45, 7) is 6.82. The number of hydrogen-bond acceptors (Lipinski definition) is 7. The number of likely N-dealkylation sites (tertiary alicyclic amines) is 1. The number of hydrogen-bond donors (Lipinski definition) is 2. The first-order valence-corrected chi connectivity index (χ1v) is 9.61. The fourth-order valence-electron chi connectivity index (χ4n) is 3.32. The summed E-state index contributed by atoms with van der Waals surface area (Å²) < 4.78 is 5.42. The molecular formula is C19H27N5O4. The summed E-state index contributed by atoms with van der Waals surface area (Å²) in [6.07, 6.45) is 5.39. The molecule has 0 bridgehead atoms. The predicted octanol–water partition coefficient (Wildman–Crippen LogP) is 1.81. The number of carbonyl (C=O) groups is 3. The Kier molecular flexibility index (Phi) is 5.81. The zero-order valence-corrected chi connectivity index (χ0v) is 16.5. The average Bonchev–Trinajstić information content (AvgIpc) is 2.63. The largest absolute Gasteiger partial charge is 0.444 e. The van der Waals surface area contributed by atoms with E-state index in [2.05, 4.69) is 20.6 Å². The molecule has 28 heavy (non-hydrogen) atoms. The molecule has 0 aromatic carbocycles. The van der Waals surface area contributed by atoms with E-state index in [1.54, 1.807) is 17.3 Å². The third kappa shape index (κ3) is 5.17. The van der Waals surface area contributed by atoms with Gasteiger partial charge in [-0.1, -0.05) is 0 Å². The molecule has 2 fully saturated rings. The molecule has 2 aliphatic heterocycles. The summed E-state index contributed by atoms with van der Waals surface area (Å²) in [4.78, 5) is 45.7. The summed E-state index contributed by atoms with van der Waals surface area (Å²) in [5, 5.41) is 5.33. The lowest BCUT2D eigenvalue weighted by Gasteiger charge is -2.33. The van der Waals surface area contributed by atoms with Crippen molar-refractivity contribution in [3.8, 4) is 0 Å². The van der Waals surface area contributed by atoms with Crippen molar-refractivity contribution in [2.24, 2.45) is 0 Å². The van der Waals surface area contributed by atoms with Gasteiger partial charge in [0, 0.05) is 25.4 Å². The standard InChI is InChI=1S/C19H27N5O4/c1-19(2,3)28-18(27)24-8-6-12(7-9-24)14-10-21-15(11-20-14)22-13-4-5-16(25)23-17(13)26/h10-13H,4-9H2,1-3H3,(H,21,22)(H,23,25,26)/t13-/m0/s1. The van der Waals surface area contributed by atoms with Gasteiger partial charge in [0.15, 0.2) is 0 Å². The minimum absolute atomic E-state index is 0.232. The Hall–Kier alpha value is -2.71. The monoisotopic (exact) mass is 389 g/mol. The Bertz CT molecular complexity index is 736. The van der Waals surface area contributed by atoms with Crippen LogP contribution in [0.4, 0.5) is 10.6 Å². The van der Waals surface area contributed by atoms with E-state index in [-0.39, 0.29) is 23.8 Å². The van der Waals surface area contributed by atoms with Gasteiger partial charge in [-0.05, 0) is 40.0 Å². The average molecular weight is 389 g/mol. The molecule has 0 unspecified atom stereocenters. The van der Waals surface area contributed by atoms with Gasteiger partial charge in [-0.2, -0.15) is 0 Å². The zero-order valence-electron chi connectivity index (χ0n) is 16.5. The highest BCUT2D eigenvalue weighted by atomic mass is 16.6. The van der Waals surface area contributed by atoms with E-state index in [4.69, 9.17) is 4.74 Å². The Balaban J connectivity index is 1.51. The third-order valence-electron chi connectivity index (χ3n) is 4.80. The van der Waals surface area contributed by atoms with Crippen molar-refractivity contribution in [2.75, 3.05) is 18.4 Å². The summed E-state index contributed by atoms with van der Waals surface area (Å²) in [5.74, 6) is 0.152. The van der Waals surface area contributed by atoms with Gasteiger partial charge in [0.2, 0.25) is 11.8 Å². The fourth-order valence-corrected chi connectivity index (χ4v) is 3.32. The van der Waals surface area contributed by atoms with Crippen molar-refractivity contribution in [1.82, 2.24) is 20.2 Å². The molecule has 2 saturated heterocycles. The third-order valence-corrected chi connectivity index (χ3v) is 4.80. The quantitative estimate of drug-likeness (QED) is 0.758. The van der Waals surface area contributed by atoms with E-state index < -0.39 is 11.6 Å². The van der Waals surface area contributed by atoms with E-state index in [0.29, 0.717) is 31.7 Å². The second-order valence-electron chi connectivity index (χ2n) is 8.22. The smallest absolute Gasteiger partial charge is 0.410 e. The lowest BCUT2D eigenvalue weighted by Crippen LogP contribution is -2.47. The second kappa shape index (κ2) is 8.12. The van der Waals surface area contributed by atoms with Crippen LogP contribution in [-0.2, 0) is 14.3 Å². The van der Waals surface area contributed by atoms with Gasteiger partial charge < -0.3 is 15.0 Å². The van der Waals surface area contributed by atoms with Crippen molar-refractivity contribution < 1.29 is 19.1 Å². The van der Waals surface area contributed by atoms with Crippen molar-refractivity contribution in [3.63, 3.8) is 0 Å². The topological polar surface area (TPSA) is 114 Å². The number of piperidine rings is 2. The molecule has 3 rings (SSSR count). The van der Waals surface area contributed by atoms with E-state index in [1.807, 2.05) is 20.8 Å². The van der Waals surface area contributed by atoms with Crippen LogP contribution >= 0.6 is 0 Å². The van der Waals surface area contributed by atoms with Crippen LogP contribution in [0.5, 0.6) is 0 Å². The molecule has 2 N–H and O–H groups in total. The van der Waals surface area contributed by atoms with E-state index in [9.17, 15) is 14.4 Å². The molecule has 1 atom stereocenters. The maximum Gasteiger partial charge on any atom is 0.410 e. The predicted molar refractivity (Wildman–Crippen MR) is 102 cm³/mol. The Morgan fingerprint density at radius 2 is 1.89 bits per heavy atom. The lowest BCUT2D eigenvalue weighted by molar-refractivity contribution is -0.133. The van der Waals surface area contributed by atoms with E-state index in [1.165, 1.54) is 0 Å². The van der Waals surface area contributed by atoms with Crippen LogP contribution in [0, 0.1) is 0 Å². The normalized spacial score (nSPS) is 21.2. The van der Waals surface area contributed by atoms with Crippen molar-refractivity contribution >= 4 is 23.7 Å². The molecule has 0 saturated carbocycles. The fraction of sp³-hybridized carbons (Fsp3) is 0.632. The Morgan fingerprint density at radius 3 is 2.46 bits per heavy atom. The van der Waals surface area contributed by atoms with Crippen LogP contribution in [0.25, 0.3) is 0 Å². The Morgan fingerprint density at radius 1 is 1.18 bits per heavy atom. The summed E-state index contributed by atoms with van der Waals surface area (Å²) in [6, 6.07) is -0.477. The molecule has 0 aliphatic carbocycles. The number of nitrogens with zero attached hydrogens (tertiary/aromatic N) is 3. The maximum absolute atomic E-state index is 12.2. The number of nitrogens with one attached hydrogen (secondary N) is 2. The molecule has 152 valence electrons. The van der Waals surface area contributed by atoms with Crippen LogP contribution in [0.1, 0.15) is 58.1 Å². The van der Waals surface area contributed by atoms with Gasteiger partial charge in [-0.15, -0.1) is 0 Å². The molecular weight excluding hydrogens is 362 g/mol. The molecule has 3 amide bonds. The highest BCUT2D eigenvalue weighted by Gasteiger charge is 2.29. The number of aromatic nitrogens is 2. The molecule has 9 heteroatoms. The number of anilines is 1. The van der Waals surface area contributed by atoms with Crippen LogP contribution in [0.3, 0.4) is 0 Å². The van der Waals surface area contributed by atoms with Crippen molar-refractivity contribution in [2.45, 2.75) is 64.0 Å². The van der Waals surface area contributed by atoms with Gasteiger partial charge in [-0.25, -0.2) is 9.78 Å². The van der Waals surface area contributed by atoms with Gasteiger partial charge in [0.25, 0.3) is 0 Å². The number of amides is 3. The molecule has 0 spiro atoms. The minimum Gasteiger partial charge on any atom is -0.444 e. The van der Waals surface area contributed by atoms with Crippen molar-refractivity contribution in [3.05, 3.63) is 18.1 Å². The number of imide groups is 1. The van der Waals surface area contributed by atoms with Crippen LogP contribution in [-0.4, -0.2) is 57.5 Å². The SMILES string of the molecule is CC(C)(C)OC(=O)N1CCC(c2cnc(N[C@H]3CCC(=O)NC3=O)cn2)CC1. The maximum atomic E-state index is 12.2. The number of carbonyl (C=O) groups excluding carboxylic acids is 3. The summed E-state index contributed by atoms with van der Waals surface area (Å²) >= 11 is 0. The zero-order chi connectivity index (χ0) is 20.3. The molecule has 1 aromatic rings. The molecule has 9 nitrogen and oxygen atoms in total. The van der Waals surface area contributed by atoms with Gasteiger partial charge in [0.1, 0.15) is 17.5 Å². The summed E-state index contributed by atoms with van der Waals surface area (Å²) in [5.41, 5.74) is 0.378. The second-order valence-corrected chi connectivity index (χ2v) is 8.22. The summed E-state index contributed by atoms with van der Waals surface area (Å²) in [7, 11) is 0. The molecule has 3 heterocycles. The number of ether oxygens (including phenoxy) is 1. The first-order valence-electron chi connectivity index (χ1n) is 9.61. The lowest BCUT2D eigenvalue weighted by atomic mass is 9.94.